The van der Waals surface area contributed by atoms with Gasteiger partial charge in [-0.15, -0.1) is 11.8 Å². The summed E-state index contributed by atoms with van der Waals surface area (Å²) in [6.07, 6.45) is 0. The first-order valence-electron chi connectivity index (χ1n) is 10.2. The van der Waals surface area contributed by atoms with Gasteiger partial charge in [0.1, 0.15) is 16.6 Å². The van der Waals surface area contributed by atoms with E-state index < -0.39 is 10.9 Å². The number of nitrogens with two attached hydrogens (primary N) is 1. The van der Waals surface area contributed by atoms with Crippen molar-refractivity contribution in [2.24, 2.45) is 0 Å². The molecule has 7 heteroatoms. The van der Waals surface area contributed by atoms with Gasteiger partial charge in [-0.05, 0) is 48.9 Å². The van der Waals surface area contributed by atoms with Gasteiger partial charge in [-0.2, -0.15) is 0 Å². The Hall–Kier alpha value is -3.71. The summed E-state index contributed by atoms with van der Waals surface area (Å²) in [6.45, 7) is 1.87. The Morgan fingerprint density at radius 3 is 2.62 bits per heavy atom. The molecule has 4 aromatic rings. The number of anilines is 3. The second-order valence-corrected chi connectivity index (χ2v) is 9.16. The number of esters is 1. The molecule has 0 saturated heterocycles. The van der Waals surface area contributed by atoms with Gasteiger partial charge < -0.3 is 19.8 Å². The number of nitrogens with zero attached hydrogens (tertiary/aromatic N) is 1. The Labute approximate surface area is 187 Å². The van der Waals surface area contributed by atoms with E-state index in [0.717, 1.165) is 32.8 Å². The molecule has 1 aromatic heterocycles. The maximum Gasteiger partial charge on any atom is 0.336 e. The molecule has 0 spiro atoms. The number of nitrogen functional groups attached to an aromatic ring is 1. The second-order valence-electron chi connectivity index (χ2n) is 7.97. The summed E-state index contributed by atoms with van der Waals surface area (Å²) >= 11 is 1.49. The maximum atomic E-state index is 13.1. The molecular formula is C25H18N2O4S. The van der Waals surface area contributed by atoms with Crippen molar-refractivity contribution in [3.05, 3.63) is 88.3 Å². The molecule has 0 radical (unpaired) electrons. The highest BCUT2D eigenvalue weighted by molar-refractivity contribution is 8.01. The van der Waals surface area contributed by atoms with Crippen LogP contribution in [0.15, 0.2) is 80.8 Å². The molecular weight excluding hydrogens is 424 g/mol. The Morgan fingerprint density at radius 1 is 1.00 bits per heavy atom. The van der Waals surface area contributed by atoms with Crippen LogP contribution < -0.4 is 21.0 Å². The first-order chi connectivity index (χ1) is 15.5. The summed E-state index contributed by atoms with van der Waals surface area (Å²) in [4.78, 5) is 28.1. The molecule has 0 amide bonds. The highest BCUT2D eigenvalue weighted by atomic mass is 32.2. The molecule has 6 nitrogen and oxygen atoms in total. The number of aryl methyl sites for hydroxylation is 1. The van der Waals surface area contributed by atoms with E-state index in [-0.39, 0.29) is 12.0 Å². The Bertz CT molecular complexity index is 1460. The van der Waals surface area contributed by atoms with E-state index in [0.29, 0.717) is 17.0 Å². The lowest BCUT2D eigenvalue weighted by Gasteiger charge is -2.45. The summed E-state index contributed by atoms with van der Waals surface area (Å²) in [5, 5.41) is 0.351. The van der Waals surface area contributed by atoms with Crippen molar-refractivity contribution in [1.29, 1.82) is 0 Å². The van der Waals surface area contributed by atoms with Crippen molar-refractivity contribution in [1.82, 2.24) is 0 Å². The van der Waals surface area contributed by atoms with Crippen LogP contribution in [0, 0.1) is 6.92 Å². The molecule has 32 heavy (non-hydrogen) atoms. The van der Waals surface area contributed by atoms with Gasteiger partial charge in [0, 0.05) is 39.4 Å². The molecule has 0 fully saturated rings. The lowest BCUT2D eigenvalue weighted by atomic mass is 9.94. The molecule has 158 valence electrons. The summed E-state index contributed by atoms with van der Waals surface area (Å²) in [5.74, 6) is 0.0802. The molecule has 0 bridgehead atoms. The van der Waals surface area contributed by atoms with Gasteiger partial charge in [0.2, 0.25) is 0 Å². The molecule has 2 unspecified atom stereocenters. The van der Waals surface area contributed by atoms with Crippen molar-refractivity contribution in [2.75, 3.05) is 10.6 Å². The Morgan fingerprint density at radius 2 is 1.81 bits per heavy atom. The predicted molar refractivity (Wildman–Crippen MR) is 125 cm³/mol. The minimum atomic E-state index is -0.465. The smallest absolute Gasteiger partial charge is 0.336 e. The van der Waals surface area contributed by atoms with E-state index in [9.17, 15) is 9.59 Å². The number of thioether (sulfide) groups is 1. The normalized spacial score (nSPS) is 19.2. The van der Waals surface area contributed by atoms with Crippen molar-refractivity contribution < 1.29 is 13.9 Å². The number of hydrogen-bond donors (Lipinski definition) is 1. The van der Waals surface area contributed by atoms with Crippen LogP contribution in [0.25, 0.3) is 11.0 Å². The standard InChI is InChI=1S/C25H18N2O4S/c1-13-9-22(28)30-19-12-20-17(11-16(13)19)23-24(25(29)31-20)32-21-8-7-14(26)10-18(21)27(23)15-5-3-2-4-6-15/h2-12,23-24H,26H2,1H3. The number of carbonyl (C=O) groups excluding carboxylic acids is 1. The van der Waals surface area contributed by atoms with E-state index in [4.69, 9.17) is 14.9 Å². The van der Waals surface area contributed by atoms with Gasteiger partial charge in [0.15, 0.2) is 0 Å². The van der Waals surface area contributed by atoms with Gasteiger partial charge >= 0.3 is 11.6 Å². The molecule has 2 aliphatic heterocycles. The van der Waals surface area contributed by atoms with Gasteiger partial charge in [-0.3, -0.25) is 4.79 Å². The van der Waals surface area contributed by atoms with Crippen LogP contribution in [0.1, 0.15) is 17.2 Å². The SMILES string of the molecule is Cc1cc(=O)oc2cc3c(cc12)C1C(Sc2ccc(N)cc2N1c1ccccc1)C(=O)O3. The van der Waals surface area contributed by atoms with Crippen LogP contribution in [0.3, 0.4) is 0 Å². The minimum Gasteiger partial charge on any atom is -0.425 e. The van der Waals surface area contributed by atoms with Crippen molar-refractivity contribution in [3.63, 3.8) is 0 Å². The minimum absolute atomic E-state index is 0.316. The van der Waals surface area contributed by atoms with E-state index in [1.54, 1.807) is 6.07 Å². The van der Waals surface area contributed by atoms with Crippen LogP contribution in [-0.2, 0) is 4.79 Å². The first kappa shape index (κ1) is 19.0. The van der Waals surface area contributed by atoms with Crippen molar-refractivity contribution >= 4 is 45.8 Å². The van der Waals surface area contributed by atoms with E-state index >= 15 is 0 Å². The summed E-state index contributed by atoms with van der Waals surface area (Å²) in [7, 11) is 0. The topological polar surface area (TPSA) is 85.8 Å². The fourth-order valence-electron chi connectivity index (χ4n) is 4.53. The number of fused-ring (bicyclic) bond motifs is 5. The molecule has 0 aliphatic carbocycles. The van der Waals surface area contributed by atoms with Crippen LogP contribution in [-0.4, -0.2) is 11.2 Å². The number of rotatable bonds is 1. The fraction of sp³-hybridized carbons (Fsp3) is 0.120. The lowest BCUT2D eigenvalue weighted by Crippen LogP contribution is -2.44. The zero-order chi connectivity index (χ0) is 22.0. The second kappa shape index (κ2) is 6.90. The predicted octanol–water partition coefficient (Wildman–Crippen LogP) is 4.96. The van der Waals surface area contributed by atoms with Crippen LogP contribution in [0.4, 0.5) is 17.1 Å². The Balaban J connectivity index is 1.65. The third-order valence-corrected chi connectivity index (χ3v) is 7.24. The van der Waals surface area contributed by atoms with E-state index in [1.807, 2.05) is 61.5 Å². The van der Waals surface area contributed by atoms with Gasteiger partial charge in [0.05, 0.1) is 11.7 Å². The van der Waals surface area contributed by atoms with E-state index in [2.05, 4.69) is 4.90 Å². The fourth-order valence-corrected chi connectivity index (χ4v) is 5.76. The van der Waals surface area contributed by atoms with Crippen LogP contribution >= 0.6 is 11.8 Å². The average Bonchev–Trinajstić information content (AvgIpc) is 2.77. The summed E-state index contributed by atoms with van der Waals surface area (Å²) < 4.78 is 11.1. The third kappa shape index (κ3) is 2.81. The Kier molecular flexibility index (Phi) is 4.10. The molecule has 6 rings (SSSR count). The number of benzene rings is 3. The zero-order valence-corrected chi connectivity index (χ0v) is 17.9. The average molecular weight is 442 g/mol. The van der Waals surface area contributed by atoms with Gasteiger partial charge in [-0.25, -0.2) is 4.79 Å². The summed E-state index contributed by atoms with van der Waals surface area (Å²) in [6, 6.07) is 20.5. The number of para-hydroxylation sites is 1. The van der Waals surface area contributed by atoms with Crippen molar-refractivity contribution in [2.45, 2.75) is 23.1 Å². The van der Waals surface area contributed by atoms with Crippen molar-refractivity contribution in [3.8, 4) is 5.75 Å². The highest BCUT2D eigenvalue weighted by Crippen LogP contribution is 2.55. The molecule has 3 heterocycles. The van der Waals surface area contributed by atoms with Crippen LogP contribution in [0.5, 0.6) is 5.75 Å². The molecule has 3 aromatic carbocycles. The van der Waals surface area contributed by atoms with E-state index in [1.165, 1.54) is 17.8 Å². The molecule has 0 saturated carbocycles. The third-order valence-electron chi connectivity index (χ3n) is 5.94. The zero-order valence-electron chi connectivity index (χ0n) is 17.1. The molecule has 2 atom stereocenters. The number of hydrogen-bond acceptors (Lipinski definition) is 7. The first-order valence-corrected chi connectivity index (χ1v) is 11.1. The highest BCUT2D eigenvalue weighted by Gasteiger charge is 2.46. The molecule has 2 aliphatic rings. The van der Waals surface area contributed by atoms with Crippen LogP contribution in [0.2, 0.25) is 0 Å². The van der Waals surface area contributed by atoms with Gasteiger partial charge in [-0.1, -0.05) is 18.2 Å². The maximum absolute atomic E-state index is 13.1. The largest absolute Gasteiger partial charge is 0.425 e. The van der Waals surface area contributed by atoms with Gasteiger partial charge in [0.25, 0.3) is 0 Å². The summed E-state index contributed by atoms with van der Waals surface area (Å²) in [5.41, 5.74) is 10.3. The number of carbonyl (C=O) groups is 1. The number of ether oxygens (including phenoxy) is 1. The molecule has 2 N–H and O–H groups in total. The quantitative estimate of drug-likeness (QED) is 0.193. The lowest BCUT2D eigenvalue weighted by molar-refractivity contribution is -0.135. The monoisotopic (exact) mass is 442 g/mol.